The maximum atomic E-state index is 12.8. The van der Waals surface area contributed by atoms with Gasteiger partial charge in [-0.15, -0.1) is 11.3 Å². The van der Waals surface area contributed by atoms with Crippen molar-refractivity contribution < 1.29 is 14.7 Å². The third-order valence-corrected chi connectivity index (χ3v) is 4.83. The van der Waals surface area contributed by atoms with Gasteiger partial charge in [0.05, 0.1) is 22.6 Å². The molecule has 0 bridgehead atoms. The van der Waals surface area contributed by atoms with Crippen LogP contribution < -0.4 is 5.32 Å². The van der Waals surface area contributed by atoms with E-state index in [1.54, 1.807) is 31.3 Å². The molecule has 1 aromatic carbocycles. The van der Waals surface area contributed by atoms with Crippen molar-refractivity contribution >= 4 is 28.3 Å². The number of hydrogen-bond acceptors (Lipinski definition) is 6. The van der Waals surface area contributed by atoms with Crippen LogP contribution in [0.1, 0.15) is 26.5 Å². The number of rotatable bonds is 5. The molecule has 4 aromatic rings. The summed E-state index contributed by atoms with van der Waals surface area (Å²) in [6.07, 6.45) is 1.68. The Kier molecular flexibility index (Phi) is 4.88. The minimum Gasteiger partial charge on any atom is -0.478 e. The van der Waals surface area contributed by atoms with Gasteiger partial charge in [-0.25, -0.2) is 14.5 Å². The van der Waals surface area contributed by atoms with Crippen LogP contribution in [0.4, 0.5) is 5.13 Å². The zero-order valence-corrected chi connectivity index (χ0v) is 16.1. The van der Waals surface area contributed by atoms with Crippen molar-refractivity contribution in [3.63, 3.8) is 0 Å². The summed E-state index contributed by atoms with van der Waals surface area (Å²) in [6, 6.07) is 13.4. The minimum atomic E-state index is -1.02. The molecule has 4 rings (SSSR count). The van der Waals surface area contributed by atoms with Crippen LogP contribution >= 0.6 is 11.3 Å². The normalized spacial score (nSPS) is 10.7. The number of pyridine rings is 1. The highest BCUT2D eigenvalue weighted by Gasteiger charge is 2.17. The van der Waals surface area contributed by atoms with E-state index in [4.69, 9.17) is 5.11 Å². The van der Waals surface area contributed by atoms with Crippen molar-refractivity contribution in [2.45, 2.75) is 6.92 Å². The standard InChI is InChI=1S/C20H15N5O3S/c1-12-10-17(25(24-12)14-7-5-13(6-8-14)19(27)28)18(26)23-20-22-16(11-29-20)15-4-2-3-9-21-15/h2-11H,1H3,(H,27,28)(H,22,23,26). The predicted octanol–water partition coefficient (Wildman–Crippen LogP) is 3.65. The van der Waals surface area contributed by atoms with Gasteiger partial charge in [0.2, 0.25) is 0 Å². The lowest BCUT2D eigenvalue weighted by atomic mass is 10.2. The Morgan fingerprint density at radius 3 is 2.59 bits per heavy atom. The van der Waals surface area contributed by atoms with Crippen LogP contribution in [-0.2, 0) is 0 Å². The molecule has 0 radical (unpaired) electrons. The summed E-state index contributed by atoms with van der Waals surface area (Å²) in [5, 5.41) is 18.5. The molecule has 0 atom stereocenters. The van der Waals surface area contributed by atoms with E-state index in [1.165, 1.54) is 28.2 Å². The number of amides is 1. The number of aryl methyl sites for hydroxylation is 1. The predicted molar refractivity (Wildman–Crippen MR) is 109 cm³/mol. The first-order valence-corrected chi connectivity index (χ1v) is 9.48. The minimum absolute atomic E-state index is 0.161. The average Bonchev–Trinajstić information content (AvgIpc) is 3.35. The van der Waals surface area contributed by atoms with Crippen LogP contribution in [0.5, 0.6) is 0 Å². The van der Waals surface area contributed by atoms with E-state index in [2.05, 4.69) is 20.4 Å². The summed E-state index contributed by atoms with van der Waals surface area (Å²) in [5.41, 5.74) is 3.13. The van der Waals surface area contributed by atoms with E-state index in [9.17, 15) is 9.59 Å². The molecule has 0 aliphatic carbocycles. The molecule has 9 heteroatoms. The van der Waals surface area contributed by atoms with Crippen molar-refractivity contribution in [2.75, 3.05) is 5.32 Å². The molecule has 0 spiro atoms. The number of nitrogens with zero attached hydrogens (tertiary/aromatic N) is 4. The summed E-state index contributed by atoms with van der Waals surface area (Å²) in [5.74, 6) is -1.38. The van der Waals surface area contributed by atoms with Crippen LogP contribution in [0.3, 0.4) is 0 Å². The summed E-state index contributed by atoms with van der Waals surface area (Å²) >= 11 is 1.30. The number of thiazole rings is 1. The van der Waals surface area contributed by atoms with Crippen molar-refractivity contribution in [3.8, 4) is 17.1 Å². The van der Waals surface area contributed by atoms with Crippen LogP contribution in [0, 0.1) is 6.92 Å². The first kappa shape index (κ1) is 18.5. The van der Waals surface area contributed by atoms with Crippen LogP contribution in [0.2, 0.25) is 0 Å². The number of anilines is 1. The second kappa shape index (κ2) is 7.64. The molecule has 0 saturated heterocycles. The molecule has 1 amide bonds. The Morgan fingerprint density at radius 1 is 1.10 bits per heavy atom. The number of nitrogens with one attached hydrogen (secondary N) is 1. The van der Waals surface area contributed by atoms with Gasteiger partial charge < -0.3 is 5.11 Å². The zero-order chi connectivity index (χ0) is 20.4. The van der Waals surface area contributed by atoms with Crippen molar-refractivity contribution in [1.82, 2.24) is 19.7 Å². The van der Waals surface area contributed by atoms with Gasteiger partial charge >= 0.3 is 5.97 Å². The van der Waals surface area contributed by atoms with Gasteiger partial charge in [0.1, 0.15) is 11.4 Å². The molecular formula is C20H15N5O3S. The molecule has 3 heterocycles. The van der Waals surface area contributed by atoms with E-state index in [1.807, 2.05) is 23.6 Å². The fourth-order valence-electron chi connectivity index (χ4n) is 2.73. The number of carboxylic acids is 1. The number of hydrogen-bond donors (Lipinski definition) is 2. The van der Waals surface area contributed by atoms with Crippen molar-refractivity contribution in [1.29, 1.82) is 0 Å². The second-order valence-corrected chi connectivity index (χ2v) is 7.00. The first-order chi connectivity index (χ1) is 14.0. The number of benzene rings is 1. The maximum absolute atomic E-state index is 12.8. The fraction of sp³-hybridized carbons (Fsp3) is 0.0500. The molecule has 0 aliphatic heterocycles. The number of carbonyl (C=O) groups is 2. The number of carbonyl (C=O) groups excluding carboxylic acids is 1. The molecule has 3 aromatic heterocycles. The van der Waals surface area contributed by atoms with Gasteiger partial charge in [0, 0.05) is 11.6 Å². The van der Waals surface area contributed by atoms with Crippen LogP contribution in [0.15, 0.2) is 60.1 Å². The lowest BCUT2D eigenvalue weighted by Crippen LogP contribution is -2.17. The SMILES string of the molecule is Cc1cc(C(=O)Nc2nc(-c3ccccn3)cs2)n(-c2ccc(C(=O)O)cc2)n1. The van der Waals surface area contributed by atoms with Crippen LogP contribution in [0.25, 0.3) is 17.1 Å². The van der Waals surface area contributed by atoms with E-state index in [-0.39, 0.29) is 11.5 Å². The zero-order valence-electron chi connectivity index (χ0n) is 15.2. The van der Waals surface area contributed by atoms with Gasteiger partial charge in [-0.2, -0.15) is 5.10 Å². The molecule has 2 N–H and O–H groups in total. The third kappa shape index (κ3) is 3.90. The highest BCUT2D eigenvalue weighted by Crippen LogP contribution is 2.24. The quantitative estimate of drug-likeness (QED) is 0.524. The highest BCUT2D eigenvalue weighted by molar-refractivity contribution is 7.14. The summed E-state index contributed by atoms with van der Waals surface area (Å²) in [4.78, 5) is 32.5. The molecule has 144 valence electrons. The smallest absolute Gasteiger partial charge is 0.335 e. The van der Waals surface area contributed by atoms with E-state index in [0.717, 1.165) is 5.69 Å². The largest absolute Gasteiger partial charge is 0.478 e. The first-order valence-electron chi connectivity index (χ1n) is 8.60. The van der Waals surface area contributed by atoms with Gasteiger partial charge in [-0.3, -0.25) is 15.1 Å². The molecule has 0 unspecified atom stereocenters. The van der Waals surface area contributed by atoms with E-state index >= 15 is 0 Å². The summed E-state index contributed by atoms with van der Waals surface area (Å²) in [7, 11) is 0. The Morgan fingerprint density at radius 2 is 1.90 bits per heavy atom. The monoisotopic (exact) mass is 405 g/mol. The molecule has 0 aliphatic rings. The van der Waals surface area contributed by atoms with Gasteiger partial charge in [-0.1, -0.05) is 6.07 Å². The van der Waals surface area contributed by atoms with Gasteiger partial charge in [-0.05, 0) is 49.4 Å². The molecule has 8 nitrogen and oxygen atoms in total. The molecule has 29 heavy (non-hydrogen) atoms. The average molecular weight is 405 g/mol. The lowest BCUT2D eigenvalue weighted by molar-refractivity contribution is 0.0696. The van der Waals surface area contributed by atoms with E-state index in [0.29, 0.717) is 27.9 Å². The highest BCUT2D eigenvalue weighted by atomic mass is 32.1. The van der Waals surface area contributed by atoms with E-state index < -0.39 is 5.97 Å². The second-order valence-electron chi connectivity index (χ2n) is 6.14. The molecular weight excluding hydrogens is 390 g/mol. The lowest BCUT2D eigenvalue weighted by Gasteiger charge is -2.07. The Hall–Kier alpha value is -3.85. The van der Waals surface area contributed by atoms with Gasteiger partial charge in [0.25, 0.3) is 5.91 Å². The number of aromatic carboxylic acids is 1. The van der Waals surface area contributed by atoms with Crippen molar-refractivity contribution in [2.24, 2.45) is 0 Å². The third-order valence-electron chi connectivity index (χ3n) is 4.07. The Labute approximate surface area is 169 Å². The van der Waals surface area contributed by atoms with Crippen molar-refractivity contribution in [3.05, 3.63) is 77.1 Å². The maximum Gasteiger partial charge on any atom is 0.335 e. The number of carboxylic acid groups (broad SMARTS) is 1. The Balaban J connectivity index is 1.58. The molecule has 0 fully saturated rings. The molecule has 0 saturated carbocycles. The number of aromatic nitrogens is 4. The van der Waals surface area contributed by atoms with Crippen LogP contribution in [-0.4, -0.2) is 36.7 Å². The Bertz CT molecular complexity index is 1180. The fourth-order valence-corrected chi connectivity index (χ4v) is 3.43. The van der Waals surface area contributed by atoms with Gasteiger partial charge in [0.15, 0.2) is 5.13 Å². The topological polar surface area (TPSA) is 110 Å². The summed E-state index contributed by atoms with van der Waals surface area (Å²) in [6.45, 7) is 1.78. The summed E-state index contributed by atoms with van der Waals surface area (Å²) < 4.78 is 1.48.